The third-order valence-electron chi connectivity index (χ3n) is 3.44. The Hall–Kier alpha value is -2.37. The van der Waals surface area contributed by atoms with Gasteiger partial charge in [-0.1, -0.05) is 13.0 Å². The Bertz CT molecular complexity index is 650. The van der Waals surface area contributed by atoms with Gasteiger partial charge in [-0.2, -0.15) is 5.10 Å². The molecule has 6 heteroatoms. The monoisotopic (exact) mass is 301 g/mol. The molecule has 2 aromatic heterocycles. The lowest BCUT2D eigenvalue weighted by atomic mass is 10.2. The Labute approximate surface area is 130 Å². The summed E-state index contributed by atoms with van der Waals surface area (Å²) in [5.74, 6) is 0.875. The second kappa shape index (κ2) is 7.06. The highest BCUT2D eigenvalue weighted by molar-refractivity contribution is 5.88. The maximum absolute atomic E-state index is 11.9. The van der Waals surface area contributed by atoms with E-state index < -0.39 is 0 Å². The van der Waals surface area contributed by atoms with E-state index in [0.29, 0.717) is 12.4 Å². The first kappa shape index (κ1) is 16.0. The average Bonchev–Trinajstić information content (AvgIpc) is 2.77. The van der Waals surface area contributed by atoms with Crippen molar-refractivity contribution in [2.24, 2.45) is 5.92 Å². The number of aryl methyl sites for hydroxylation is 3. The number of carbonyl (C=O) groups is 1. The normalized spacial score (nSPS) is 12.0. The van der Waals surface area contributed by atoms with Crippen molar-refractivity contribution in [2.45, 2.75) is 34.2 Å². The molecule has 2 amide bonds. The molecule has 2 aromatic rings. The zero-order valence-corrected chi connectivity index (χ0v) is 13.6. The highest BCUT2D eigenvalue weighted by Gasteiger charge is 2.10. The summed E-state index contributed by atoms with van der Waals surface area (Å²) in [6.07, 6.45) is 1.66. The van der Waals surface area contributed by atoms with Crippen LogP contribution in [0.1, 0.15) is 23.9 Å². The summed E-state index contributed by atoms with van der Waals surface area (Å²) >= 11 is 0. The fourth-order valence-electron chi connectivity index (χ4n) is 2.25. The first-order valence-corrected chi connectivity index (χ1v) is 7.43. The summed E-state index contributed by atoms with van der Waals surface area (Å²) < 4.78 is 1.97. The standard InChI is InChI=1S/C16H23N5O/c1-11(10-21-14(4)8-13(3)20-21)9-18-16(22)19-15-12(2)6-5-7-17-15/h5-8,11H,9-10H2,1-4H3,(H2,17,18,19,22)/t11-/m0/s1. The van der Waals surface area contributed by atoms with Crippen LogP contribution in [-0.4, -0.2) is 27.3 Å². The molecular weight excluding hydrogens is 278 g/mol. The van der Waals surface area contributed by atoms with Gasteiger partial charge in [0.05, 0.1) is 5.69 Å². The molecule has 0 spiro atoms. The minimum Gasteiger partial charge on any atom is -0.337 e. The van der Waals surface area contributed by atoms with Crippen LogP contribution in [0.15, 0.2) is 24.4 Å². The third kappa shape index (κ3) is 4.31. The number of hydrogen-bond donors (Lipinski definition) is 2. The quantitative estimate of drug-likeness (QED) is 0.892. The first-order valence-electron chi connectivity index (χ1n) is 7.43. The molecule has 2 rings (SSSR count). The predicted molar refractivity (Wildman–Crippen MR) is 86.9 cm³/mol. The molecule has 0 aliphatic heterocycles. The largest absolute Gasteiger partial charge is 0.337 e. The molecular formula is C16H23N5O. The van der Waals surface area contributed by atoms with Crippen LogP contribution in [0.5, 0.6) is 0 Å². The highest BCUT2D eigenvalue weighted by Crippen LogP contribution is 2.09. The van der Waals surface area contributed by atoms with E-state index in [-0.39, 0.29) is 11.9 Å². The molecule has 0 fully saturated rings. The van der Waals surface area contributed by atoms with Crippen molar-refractivity contribution in [2.75, 3.05) is 11.9 Å². The van der Waals surface area contributed by atoms with Gasteiger partial charge in [0, 0.05) is 25.0 Å². The zero-order valence-electron chi connectivity index (χ0n) is 13.6. The van der Waals surface area contributed by atoms with Crippen molar-refractivity contribution in [3.63, 3.8) is 0 Å². The summed E-state index contributed by atoms with van der Waals surface area (Å²) in [7, 11) is 0. The molecule has 0 saturated heterocycles. The second-order valence-electron chi connectivity index (χ2n) is 5.72. The first-order chi connectivity index (χ1) is 10.5. The van der Waals surface area contributed by atoms with Crippen molar-refractivity contribution in [3.8, 4) is 0 Å². The molecule has 2 heterocycles. The van der Waals surface area contributed by atoms with Gasteiger partial charge in [-0.15, -0.1) is 0 Å². The zero-order chi connectivity index (χ0) is 16.1. The number of carbonyl (C=O) groups excluding carboxylic acids is 1. The van der Waals surface area contributed by atoms with Crippen LogP contribution in [0.2, 0.25) is 0 Å². The van der Waals surface area contributed by atoms with Gasteiger partial charge in [-0.3, -0.25) is 10.00 Å². The smallest absolute Gasteiger partial charge is 0.320 e. The highest BCUT2D eigenvalue weighted by atomic mass is 16.2. The number of anilines is 1. The average molecular weight is 301 g/mol. The lowest BCUT2D eigenvalue weighted by Gasteiger charge is -2.14. The van der Waals surface area contributed by atoms with Crippen LogP contribution < -0.4 is 10.6 Å². The Balaban J connectivity index is 1.81. The van der Waals surface area contributed by atoms with Gasteiger partial charge < -0.3 is 5.32 Å². The lowest BCUT2D eigenvalue weighted by molar-refractivity contribution is 0.249. The topological polar surface area (TPSA) is 71.8 Å². The summed E-state index contributed by atoms with van der Waals surface area (Å²) in [4.78, 5) is 16.0. The van der Waals surface area contributed by atoms with E-state index in [9.17, 15) is 4.79 Å². The van der Waals surface area contributed by atoms with Crippen LogP contribution in [-0.2, 0) is 6.54 Å². The second-order valence-corrected chi connectivity index (χ2v) is 5.72. The van der Waals surface area contributed by atoms with E-state index in [0.717, 1.165) is 23.5 Å². The van der Waals surface area contributed by atoms with Crippen molar-refractivity contribution < 1.29 is 4.79 Å². The number of rotatable bonds is 5. The minimum atomic E-state index is -0.234. The van der Waals surface area contributed by atoms with Crippen LogP contribution in [0.4, 0.5) is 10.6 Å². The lowest BCUT2D eigenvalue weighted by Crippen LogP contribution is -2.34. The van der Waals surface area contributed by atoms with Crippen molar-refractivity contribution in [1.29, 1.82) is 0 Å². The summed E-state index contributed by atoms with van der Waals surface area (Å²) in [5, 5.41) is 10.1. The van der Waals surface area contributed by atoms with E-state index >= 15 is 0 Å². The molecule has 2 N–H and O–H groups in total. The number of urea groups is 1. The molecule has 1 atom stereocenters. The number of aromatic nitrogens is 3. The van der Waals surface area contributed by atoms with Crippen molar-refractivity contribution >= 4 is 11.8 Å². The van der Waals surface area contributed by atoms with Crippen LogP contribution in [0.3, 0.4) is 0 Å². The van der Waals surface area contributed by atoms with Crippen molar-refractivity contribution in [3.05, 3.63) is 41.3 Å². The van der Waals surface area contributed by atoms with Crippen LogP contribution in [0, 0.1) is 26.7 Å². The number of hydrogen-bond acceptors (Lipinski definition) is 3. The molecule has 0 aliphatic carbocycles. The molecule has 0 aliphatic rings. The minimum absolute atomic E-state index is 0.234. The maximum Gasteiger partial charge on any atom is 0.320 e. The molecule has 6 nitrogen and oxygen atoms in total. The summed E-state index contributed by atoms with van der Waals surface area (Å²) in [6.45, 7) is 9.38. The van der Waals surface area contributed by atoms with E-state index in [1.54, 1.807) is 6.20 Å². The Morgan fingerprint density at radius 3 is 2.77 bits per heavy atom. The Morgan fingerprint density at radius 1 is 1.36 bits per heavy atom. The third-order valence-corrected chi connectivity index (χ3v) is 3.44. The van der Waals surface area contributed by atoms with E-state index in [2.05, 4.69) is 33.7 Å². The van der Waals surface area contributed by atoms with Gasteiger partial charge in [0.2, 0.25) is 0 Å². The number of amides is 2. The molecule has 0 unspecified atom stereocenters. The molecule has 0 radical (unpaired) electrons. The molecule has 0 bridgehead atoms. The number of nitrogens with zero attached hydrogens (tertiary/aromatic N) is 3. The van der Waals surface area contributed by atoms with Gasteiger partial charge in [-0.25, -0.2) is 9.78 Å². The van der Waals surface area contributed by atoms with Gasteiger partial charge >= 0.3 is 6.03 Å². The van der Waals surface area contributed by atoms with Crippen LogP contribution in [0.25, 0.3) is 0 Å². The Morgan fingerprint density at radius 2 is 2.14 bits per heavy atom. The SMILES string of the molecule is Cc1cc(C)n(C[C@@H](C)CNC(=O)Nc2ncccc2C)n1. The van der Waals surface area contributed by atoms with E-state index in [1.165, 1.54) is 0 Å². The van der Waals surface area contributed by atoms with E-state index in [4.69, 9.17) is 0 Å². The fourth-order valence-corrected chi connectivity index (χ4v) is 2.25. The predicted octanol–water partition coefficient (Wildman–Crippen LogP) is 2.66. The van der Waals surface area contributed by atoms with Gasteiger partial charge in [-0.05, 0) is 44.4 Å². The summed E-state index contributed by atoms with van der Waals surface area (Å²) in [5.41, 5.74) is 3.09. The molecule has 118 valence electrons. The van der Waals surface area contributed by atoms with Crippen molar-refractivity contribution in [1.82, 2.24) is 20.1 Å². The van der Waals surface area contributed by atoms with Gasteiger partial charge in [0.15, 0.2) is 0 Å². The molecule has 0 saturated carbocycles. The van der Waals surface area contributed by atoms with Crippen LogP contribution >= 0.6 is 0 Å². The number of pyridine rings is 1. The maximum atomic E-state index is 11.9. The fraction of sp³-hybridized carbons (Fsp3) is 0.438. The molecule has 0 aromatic carbocycles. The molecule has 22 heavy (non-hydrogen) atoms. The van der Waals surface area contributed by atoms with Gasteiger partial charge in [0.25, 0.3) is 0 Å². The number of nitrogens with one attached hydrogen (secondary N) is 2. The van der Waals surface area contributed by atoms with E-state index in [1.807, 2.05) is 37.6 Å². The van der Waals surface area contributed by atoms with Gasteiger partial charge in [0.1, 0.15) is 5.82 Å². The summed E-state index contributed by atoms with van der Waals surface area (Å²) in [6, 6.07) is 5.57. The Kier molecular flexibility index (Phi) is 5.14.